The third kappa shape index (κ3) is 2.90. The summed E-state index contributed by atoms with van der Waals surface area (Å²) in [6.45, 7) is 7.81. The van der Waals surface area contributed by atoms with Gasteiger partial charge in [-0.25, -0.2) is 8.42 Å². The molecule has 0 spiro atoms. The maximum Gasteiger partial charge on any atom is 0.243 e. The largest absolute Gasteiger partial charge is 0.326 e. The molecule has 1 aliphatic rings. The first-order chi connectivity index (χ1) is 9.36. The number of rotatable bonds is 3. The van der Waals surface area contributed by atoms with Gasteiger partial charge in [-0.1, -0.05) is 26.0 Å². The van der Waals surface area contributed by atoms with Gasteiger partial charge in [0, 0.05) is 19.6 Å². The van der Waals surface area contributed by atoms with Crippen molar-refractivity contribution < 1.29 is 8.42 Å². The number of nitrogens with two attached hydrogens (primary N) is 1. The summed E-state index contributed by atoms with van der Waals surface area (Å²) in [5.74, 6) is 0.990. The van der Waals surface area contributed by atoms with E-state index in [4.69, 9.17) is 5.73 Å². The minimum atomic E-state index is -3.38. The Hall–Kier alpha value is -0.910. The molecule has 2 unspecified atom stereocenters. The summed E-state index contributed by atoms with van der Waals surface area (Å²) in [6, 6.07) is 5.36. The third-order valence-electron chi connectivity index (χ3n) is 4.39. The molecular weight excluding hydrogens is 272 g/mol. The van der Waals surface area contributed by atoms with Gasteiger partial charge in [0.05, 0.1) is 4.90 Å². The van der Waals surface area contributed by atoms with E-state index in [9.17, 15) is 8.42 Å². The summed E-state index contributed by atoms with van der Waals surface area (Å²) in [4.78, 5) is 0.413. The van der Waals surface area contributed by atoms with Crippen LogP contribution < -0.4 is 5.73 Å². The van der Waals surface area contributed by atoms with E-state index < -0.39 is 10.0 Å². The fourth-order valence-corrected chi connectivity index (χ4v) is 4.47. The summed E-state index contributed by atoms with van der Waals surface area (Å²) in [5.41, 5.74) is 7.33. The quantitative estimate of drug-likeness (QED) is 0.929. The summed E-state index contributed by atoms with van der Waals surface area (Å²) >= 11 is 0. The Morgan fingerprint density at radius 1 is 1.30 bits per heavy atom. The minimum Gasteiger partial charge on any atom is -0.326 e. The number of nitrogens with zero attached hydrogens (tertiary/aromatic N) is 1. The molecule has 2 atom stereocenters. The Morgan fingerprint density at radius 2 is 2.00 bits per heavy atom. The first-order valence-corrected chi connectivity index (χ1v) is 8.60. The number of piperidine rings is 1. The van der Waals surface area contributed by atoms with Gasteiger partial charge < -0.3 is 5.73 Å². The fraction of sp³-hybridized carbons (Fsp3) is 0.600. The van der Waals surface area contributed by atoms with Gasteiger partial charge in [-0.2, -0.15) is 4.31 Å². The van der Waals surface area contributed by atoms with Gasteiger partial charge in [0.1, 0.15) is 0 Å². The first-order valence-electron chi connectivity index (χ1n) is 7.16. The molecule has 1 saturated heterocycles. The van der Waals surface area contributed by atoms with Gasteiger partial charge in [0.15, 0.2) is 0 Å². The zero-order chi connectivity index (χ0) is 14.9. The van der Waals surface area contributed by atoms with Crippen molar-refractivity contribution in [2.75, 3.05) is 13.1 Å². The Kier molecular flexibility index (Phi) is 4.52. The van der Waals surface area contributed by atoms with Crippen LogP contribution in [0.2, 0.25) is 0 Å². The van der Waals surface area contributed by atoms with E-state index in [1.807, 2.05) is 13.0 Å². The SMILES string of the molecule is Cc1cc(CN)ccc1S(=O)(=O)N1CCC(C)C(C)C1. The monoisotopic (exact) mass is 296 g/mol. The standard InChI is InChI=1S/C15H24N2O2S/c1-11-6-7-17(10-13(11)3)20(18,19)15-5-4-14(9-16)8-12(15)2/h4-5,8,11,13H,6-7,9-10,16H2,1-3H3. The molecule has 2 N–H and O–H groups in total. The van der Waals surface area contributed by atoms with Crippen LogP contribution in [0.5, 0.6) is 0 Å². The van der Waals surface area contributed by atoms with Crippen molar-refractivity contribution >= 4 is 10.0 Å². The highest BCUT2D eigenvalue weighted by atomic mass is 32.2. The van der Waals surface area contributed by atoms with Crippen molar-refractivity contribution in [3.05, 3.63) is 29.3 Å². The molecule has 0 amide bonds. The molecule has 0 aromatic heterocycles. The first kappa shape index (κ1) is 15.5. The van der Waals surface area contributed by atoms with E-state index in [0.29, 0.717) is 36.4 Å². The highest BCUT2D eigenvalue weighted by Gasteiger charge is 2.32. The maximum absolute atomic E-state index is 12.8. The predicted octanol–water partition coefficient (Wildman–Crippen LogP) is 2.12. The Bertz CT molecular complexity index is 584. The van der Waals surface area contributed by atoms with Crippen LogP contribution in [0.1, 0.15) is 31.4 Å². The predicted molar refractivity (Wildman–Crippen MR) is 80.8 cm³/mol. The lowest BCUT2D eigenvalue weighted by atomic mass is 9.90. The van der Waals surface area contributed by atoms with E-state index in [1.165, 1.54) is 0 Å². The van der Waals surface area contributed by atoms with Gasteiger partial charge in [0.2, 0.25) is 10.0 Å². The molecule has 4 nitrogen and oxygen atoms in total. The van der Waals surface area contributed by atoms with E-state index in [-0.39, 0.29) is 0 Å². The van der Waals surface area contributed by atoms with Crippen molar-refractivity contribution in [3.63, 3.8) is 0 Å². The molecular formula is C15H24N2O2S. The van der Waals surface area contributed by atoms with Crippen LogP contribution >= 0.6 is 0 Å². The normalized spacial score (nSPS) is 24.8. The number of sulfonamides is 1. The smallest absolute Gasteiger partial charge is 0.243 e. The molecule has 0 saturated carbocycles. The van der Waals surface area contributed by atoms with Crippen LogP contribution in [-0.2, 0) is 16.6 Å². The van der Waals surface area contributed by atoms with Crippen LogP contribution in [-0.4, -0.2) is 25.8 Å². The van der Waals surface area contributed by atoms with Crippen LogP contribution in [0.3, 0.4) is 0 Å². The van der Waals surface area contributed by atoms with E-state index in [2.05, 4.69) is 13.8 Å². The molecule has 2 rings (SSSR count). The zero-order valence-electron chi connectivity index (χ0n) is 12.5. The molecule has 0 radical (unpaired) electrons. The summed E-state index contributed by atoms with van der Waals surface area (Å²) in [7, 11) is -3.38. The number of hydrogen-bond acceptors (Lipinski definition) is 3. The number of hydrogen-bond donors (Lipinski definition) is 1. The van der Waals surface area contributed by atoms with Crippen molar-refractivity contribution in [1.82, 2.24) is 4.31 Å². The second-order valence-electron chi connectivity index (χ2n) is 5.91. The maximum atomic E-state index is 12.8. The van der Waals surface area contributed by atoms with Gasteiger partial charge in [-0.3, -0.25) is 0 Å². The highest BCUT2D eigenvalue weighted by molar-refractivity contribution is 7.89. The molecule has 20 heavy (non-hydrogen) atoms. The van der Waals surface area contributed by atoms with Gasteiger partial charge >= 0.3 is 0 Å². The molecule has 1 aliphatic heterocycles. The van der Waals surface area contributed by atoms with Crippen molar-refractivity contribution in [1.29, 1.82) is 0 Å². The second kappa shape index (κ2) is 5.84. The molecule has 112 valence electrons. The van der Waals surface area contributed by atoms with Crippen LogP contribution in [0.15, 0.2) is 23.1 Å². The average Bonchev–Trinajstić information content (AvgIpc) is 2.41. The summed E-state index contributed by atoms with van der Waals surface area (Å²) < 4.78 is 27.1. The van der Waals surface area contributed by atoms with Crippen LogP contribution in [0.25, 0.3) is 0 Å². The van der Waals surface area contributed by atoms with E-state index >= 15 is 0 Å². The van der Waals surface area contributed by atoms with Gasteiger partial charge in [-0.15, -0.1) is 0 Å². The molecule has 0 aliphatic carbocycles. The Labute approximate surface area is 122 Å². The number of benzene rings is 1. The van der Waals surface area contributed by atoms with Gasteiger partial charge in [0.25, 0.3) is 0 Å². The average molecular weight is 296 g/mol. The Morgan fingerprint density at radius 3 is 2.55 bits per heavy atom. The molecule has 1 fully saturated rings. The van der Waals surface area contributed by atoms with Crippen molar-refractivity contribution in [3.8, 4) is 0 Å². The van der Waals surface area contributed by atoms with Gasteiger partial charge in [-0.05, 0) is 42.4 Å². The number of aryl methyl sites for hydroxylation is 1. The van der Waals surface area contributed by atoms with Crippen LogP contribution in [0, 0.1) is 18.8 Å². The fourth-order valence-electron chi connectivity index (χ4n) is 2.71. The van der Waals surface area contributed by atoms with E-state index in [0.717, 1.165) is 17.5 Å². The molecule has 1 aromatic rings. The summed E-state index contributed by atoms with van der Waals surface area (Å²) in [6.07, 6.45) is 0.931. The zero-order valence-corrected chi connectivity index (χ0v) is 13.3. The van der Waals surface area contributed by atoms with Crippen molar-refractivity contribution in [2.24, 2.45) is 17.6 Å². The second-order valence-corrected chi connectivity index (χ2v) is 7.82. The van der Waals surface area contributed by atoms with E-state index in [1.54, 1.807) is 16.4 Å². The molecule has 5 heteroatoms. The summed E-state index contributed by atoms with van der Waals surface area (Å²) in [5, 5.41) is 0. The molecule has 1 aromatic carbocycles. The third-order valence-corrected chi connectivity index (χ3v) is 6.42. The van der Waals surface area contributed by atoms with Crippen molar-refractivity contribution in [2.45, 2.75) is 38.6 Å². The van der Waals surface area contributed by atoms with Crippen LogP contribution in [0.4, 0.5) is 0 Å². The highest BCUT2D eigenvalue weighted by Crippen LogP contribution is 2.28. The minimum absolute atomic E-state index is 0.405. The lowest BCUT2D eigenvalue weighted by molar-refractivity contribution is 0.212. The lowest BCUT2D eigenvalue weighted by Crippen LogP contribution is -2.42. The topological polar surface area (TPSA) is 63.4 Å². The Balaban J connectivity index is 2.31. The molecule has 0 bridgehead atoms. The lowest BCUT2D eigenvalue weighted by Gasteiger charge is -2.34. The molecule has 1 heterocycles.